The molecule has 2 atom stereocenters. The minimum atomic E-state index is -1.79. The highest BCUT2D eigenvalue weighted by molar-refractivity contribution is 5.79. The van der Waals surface area contributed by atoms with Gasteiger partial charge in [0, 0.05) is 0 Å². The van der Waals surface area contributed by atoms with E-state index < -0.39 is 36.5 Å². The molecule has 0 amide bonds. The van der Waals surface area contributed by atoms with Crippen molar-refractivity contribution in [2.75, 3.05) is 0 Å². The van der Waals surface area contributed by atoms with E-state index in [-0.39, 0.29) is 0 Å². The lowest BCUT2D eigenvalue weighted by Crippen LogP contribution is -2.22. The molecule has 0 aromatic heterocycles. The Hall–Kier alpha value is -2.45. The maximum atomic E-state index is 10.2. The van der Waals surface area contributed by atoms with E-state index in [1.807, 2.05) is 0 Å². The summed E-state index contributed by atoms with van der Waals surface area (Å²) >= 11 is 0. The highest BCUT2D eigenvalue weighted by Crippen LogP contribution is 2.10. The third-order valence-electron chi connectivity index (χ3n) is 2.00. The molecule has 0 heterocycles. The van der Waals surface area contributed by atoms with E-state index in [0.717, 1.165) is 0 Å². The molecule has 0 saturated carbocycles. The van der Waals surface area contributed by atoms with Crippen molar-refractivity contribution in [3.8, 4) is 0 Å². The Labute approximate surface area is 113 Å². The van der Waals surface area contributed by atoms with Gasteiger partial charge in [0.25, 0.3) is 0 Å². The lowest BCUT2D eigenvalue weighted by atomic mass is 10.1. The van der Waals surface area contributed by atoms with Crippen LogP contribution in [0.5, 0.6) is 0 Å². The molecule has 0 aliphatic carbocycles. The van der Waals surface area contributed by atoms with E-state index in [9.17, 15) is 14.4 Å². The molecule has 1 rings (SSSR count). The molecule has 0 saturated heterocycles. The average Bonchev–Trinajstić information content (AvgIpc) is 2.38. The van der Waals surface area contributed by atoms with E-state index in [1.54, 1.807) is 30.3 Å². The largest absolute Gasteiger partial charge is 0.481 e. The number of hydrogen-bond donors (Lipinski definition) is 5. The molecule has 0 aliphatic rings. The lowest BCUT2D eigenvalue weighted by molar-refractivity contribution is -0.152. The Morgan fingerprint density at radius 1 is 0.900 bits per heavy atom. The zero-order valence-corrected chi connectivity index (χ0v) is 10.2. The fraction of sp³-hybridized carbons (Fsp3) is 0.250. The van der Waals surface area contributed by atoms with Gasteiger partial charge in [-0.1, -0.05) is 30.3 Å². The third kappa shape index (κ3) is 7.09. The number of carbonyl (C=O) groups is 3. The molecule has 2 unspecified atom stereocenters. The second-order valence-electron chi connectivity index (χ2n) is 3.60. The number of aliphatic hydroxyl groups is 2. The van der Waals surface area contributed by atoms with Gasteiger partial charge >= 0.3 is 17.9 Å². The van der Waals surface area contributed by atoms with Gasteiger partial charge in [-0.15, -0.1) is 0 Å². The van der Waals surface area contributed by atoms with E-state index in [1.165, 1.54) is 0 Å². The minimum absolute atomic E-state index is 0.403. The van der Waals surface area contributed by atoms with Crippen LogP contribution in [0.15, 0.2) is 30.3 Å². The fourth-order valence-electron chi connectivity index (χ4n) is 1.03. The summed E-state index contributed by atoms with van der Waals surface area (Å²) in [5.41, 5.74) is 0.403. The molecule has 0 aliphatic heterocycles. The molecule has 0 fully saturated rings. The van der Waals surface area contributed by atoms with Gasteiger partial charge in [-0.25, -0.2) is 9.59 Å². The average molecular weight is 286 g/mol. The second-order valence-corrected chi connectivity index (χ2v) is 3.60. The molecule has 0 radical (unpaired) electrons. The zero-order valence-electron chi connectivity index (χ0n) is 10.2. The summed E-state index contributed by atoms with van der Waals surface area (Å²) in [5.74, 6) is -4.07. The third-order valence-corrected chi connectivity index (χ3v) is 2.00. The molecule has 0 bridgehead atoms. The number of carboxylic acid groups (broad SMARTS) is 3. The maximum Gasteiger partial charge on any atom is 0.337 e. The Balaban J connectivity index is 0.000000370. The van der Waals surface area contributed by atoms with Crippen LogP contribution in [0.1, 0.15) is 18.1 Å². The van der Waals surface area contributed by atoms with Gasteiger partial charge in [0.2, 0.25) is 0 Å². The Morgan fingerprint density at radius 3 is 1.70 bits per heavy atom. The van der Waals surface area contributed by atoms with E-state index in [4.69, 9.17) is 25.5 Å². The highest BCUT2D eigenvalue weighted by atomic mass is 16.4. The van der Waals surface area contributed by atoms with Gasteiger partial charge in [0.1, 0.15) is 0 Å². The molecular weight excluding hydrogens is 272 g/mol. The SMILES string of the molecule is O=C(O)C(O)c1ccccc1.O=C(O)CC(O)C(=O)O. The smallest absolute Gasteiger partial charge is 0.337 e. The van der Waals surface area contributed by atoms with Crippen LogP contribution < -0.4 is 0 Å². The van der Waals surface area contributed by atoms with Gasteiger partial charge in [-0.3, -0.25) is 4.79 Å². The van der Waals surface area contributed by atoms with Crippen LogP contribution in [0.3, 0.4) is 0 Å². The molecule has 110 valence electrons. The summed E-state index contributed by atoms with van der Waals surface area (Å²) < 4.78 is 0. The number of aliphatic carboxylic acids is 3. The van der Waals surface area contributed by atoms with Crippen molar-refractivity contribution < 1.29 is 39.9 Å². The summed E-state index contributed by atoms with van der Waals surface area (Å²) in [4.78, 5) is 29.7. The molecule has 0 spiro atoms. The maximum absolute atomic E-state index is 10.2. The van der Waals surface area contributed by atoms with Gasteiger partial charge in [-0.05, 0) is 5.56 Å². The minimum Gasteiger partial charge on any atom is -0.481 e. The monoisotopic (exact) mass is 286 g/mol. The number of aliphatic hydroxyl groups excluding tert-OH is 2. The van der Waals surface area contributed by atoms with Gasteiger partial charge in [0.05, 0.1) is 6.42 Å². The normalized spacial score (nSPS) is 12.5. The first-order valence-corrected chi connectivity index (χ1v) is 5.34. The van der Waals surface area contributed by atoms with E-state index >= 15 is 0 Å². The van der Waals surface area contributed by atoms with E-state index in [2.05, 4.69) is 0 Å². The summed E-state index contributed by atoms with van der Waals surface area (Å²) in [5, 5.41) is 41.5. The number of rotatable bonds is 5. The van der Waals surface area contributed by atoms with Crippen molar-refractivity contribution in [3.63, 3.8) is 0 Å². The molecule has 20 heavy (non-hydrogen) atoms. The molecule has 5 N–H and O–H groups in total. The van der Waals surface area contributed by atoms with Crippen LogP contribution in [0.25, 0.3) is 0 Å². The van der Waals surface area contributed by atoms with Crippen LogP contribution >= 0.6 is 0 Å². The number of carboxylic acids is 3. The van der Waals surface area contributed by atoms with Crippen LogP contribution in [-0.4, -0.2) is 49.5 Å². The summed E-state index contributed by atoms with van der Waals surface area (Å²) in [6, 6.07) is 8.26. The van der Waals surface area contributed by atoms with Crippen molar-refractivity contribution >= 4 is 17.9 Å². The van der Waals surface area contributed by atoms with Gasteiger partial charge < -0.3 is 25.5 Å². The quantitative estimate of drug-likeness (QED) is 0.495. The first-order valence-electron chi connectivity index (χ1n) is 5.34. The van der Waals surface area contributed by atoms with Crippen LogP contribution in [0.4, 0.5) is 0 Å². The van der Waals surface area contributed by atoms with E-state index in [0.29, 0.717) is 5.56 Å². The fourth-order valence-corrected chi connectivity index (χ4v) is 1.03. The molecule has 8 nitrogen and oxygen atoms in total. The summed E-state index contributed by atoms with van der Waals surface area (Å²) in [6.07, 6.45) is -3.95. The molecule has 8 heteroatoms. The van der Waals surface area contributed by atoms with Gasteiger partial charge in [0.15, 0.2) is 12.2 Å². The van der Waals surface area contributed by atoms with Crippen molar-refractivity contribution in [1.82, 2.24) is 0 Å². The Bertz CT molecular complexity index is 456. The predicted octanol–water partition coefficient (Wildman–Crippen LogP) is -0.289. The predicted molar refractivity (Wildman–Crippen MR) is 64.9 cm³/mol. The molecular formula is C12H14O8. The van der Waals surface area contributed by atoms with Crippen molar-refractivity contribution in [2.45, 2.75) is 18.6 Å². The zero-order chi connectivity index (χ0) is 15.7. The van der Waals surface area contributed by atoms with Crippen LogP contribution in [0, 0.1) is 0 Å². The van der Waals surface area contributed by atoms with Crippen molar-refractivity contribution in [2.24, 2.45) is 0 Å². The first kappa shape index (κ1) is 17.6. The number of hydrogen-bond acceptors (Lipinski definition) is 5. The lowest BCUT2D eigenvalue weighted by Gasteiger charge is -2.03. The number of benzene rings is 1. The van der Waals surface area contributed by atoms with Crippen LogP contribution in [0.2, 0.25) is 0 Å². The topological polar surface area (TPSA) is 152 Å². The first-order chi connectivity index (χ1) is 9.25. The highest BCUT2D eigenvalue weighted by Gasteiger charge is 2.16. The molecule has 1 aromatic carbocycles. The van der Waals surface area contributed by atoms with Crippen molar-refractivity contribution in [3.05, 3.63) is 35.9 Å². The van der Waals surface area contributed by atoms with Crippen molar-refractivity contribution in [1.29, 1.82) is 0 Å². The standard InChI is InChI=1S/C8H8O3.C4H6O5/c9-7(8(10)11)6-4-2-1-3-5-6;5-2(4(8)9)1-3(6)7/h1-5,7,9H,(H,10,11);2,5H,1H2,(H,6,7)(H,8,9). The Morgan fingerprint density at radius 2 is 1.40 bits per heavy atom. The summed E-state index contributed by atoms with van der Waals surface area (Å²) in [6.45, 7) is 0. The second kappa shape index (κ2) is 8.62. The Kier molecular flexibility index (Phi) is 7.56. The van der Waals surface area contributed by atoms with Gasteiger partial charge in [-0.2, -0.15) is 0 Å². The van der Waals surface area contributed by atoms with Crippen LogP contribution in [-0.2, 0) is 14.4 Å². The molecule has 1 aromatic rings. The summed E-state index contributed by atoms with van der Waals surface area (Å²) in [7, 11) is 0.